The summed E-state index contributed by atoms with van der Waals surface area (Å²) in [5.74, 6) is -0.462. The third-order valence-electron chi connectivity index (χ3n) is 7.22. The van der Waals surface area contributed by atoms with E-state index >= 15 is 0 Å². The summed E-state index contributed by atoms with van der Waals surface area (Å²) in [4.78, 5) is 13.9. The van der Waals surface area contributed by atoms with E-state index in [1.54, 1.807) is 25.1 Å². The highest BCUT2D eigenvalue weighted by Crippen LogP contribution is 2.54. The largest absolute Gasteiger partial charge is 0.508 e. The molecule has 4 aromatic carbocycles. The number of ether oxygens (including phenoxy) is 2. The molecule has 0 aromatic heterocycles. The second-order valence-electron chi connectivity index (χ2n) is 9.70. The minimum Gasteiger partial charge on any atom is -0.508 e. The number of ketones is 1. The summed E-state index contributed by atoms with van der Waals surface area (Å²) in [6.07, 6.45) is 0. The van der Waals surface area contributed by atoms with Crippen molar-refractivity contribution < 1.29 is 34.7 Å². The summed E-state index contributed by atoms with van der Waals surface area (Å²) >= 11 is 3.31. The lowest BCUT2D eigenvalue weighted by atomic mass is 9.67. The van der Waals surface area contributed by atoms with Crippen LogP contribution in [0.1, 0.15) is 46.5 Å². The number of carbonyl (C=O) groups excluding carboxylic acids is 1. The minimum absolute atomic E-state index is 0.0509. The number of rotatable bonds is 3. The van der Waals surface area contributed by atoms with Gasteiger partial charge in [-0.05, 0) is 75.3 Å². The number of aryl methyl sites for hydroxylation is 1. The monoisotopic (exact) mass is 564 g/mol. The van der Waals surface area contributed by atoms with E-state index in [9.17, 15) is 25.2 Å². The molecule has 0 atom stereocenters. The van der Waals surface area contributed by atoms with Crippen molar-refractivity contribution in [3.8, 4) is 45.6 Å². The average Bonchev–Trinajstić information content (AvgIpc) is 2.83. The Morgan fingerprint density at radius 1 is 0.811 bits per heavy atom. The summed E-state index contributed by atoms with van der Waals surface area (Å²) in [5, 5.41) is 44.9. The molecular formula is C29H25BrO7. The second-order valence-corrected chi connectivity index (χ2v) is 10.5. The molecule has 8 heteroatoms. The molecule has 190 valence electrons. The zero-order valence-corrected chi connectivity index (χ0v) is 22.4. The van der Waals surface area contributed by atoms with E-state index in [1.165, 1.54) is 32.4 Å². The number of phenolic OH excluding ortho intramolecular Hbond substituents is 4. The van der Waals surface area contributed by atoms with Crippen LogP contribution in [-0.2, 0) is 5.41 Å². The predicted molar refractivity (Wildman–Crippen MR) is 144 cm³/mol. The Hall–Kier alpha value is -3.91. The van der Waals surface area contributed by atoms with Gasteiger partial charge in [-0.25, -0.2) is 0 Å². The lowest BCUT2D eigenvalue weighted by Gasteiger charge is -2.36. The van der Waals surface area contributed by atoms with Crippen LogP contribution in [-0.4, -0.2) is 40.4 Å². The molecule has 5 rings (SSSR count). The zero-order chi connectivity index (χ0) is 27.0. The van der Waals surface area contributed by atoms with Gasteiger partial charge in [-0.1, -0.05) is 13.8 Å². The van der Waals surface area contributed by atoms with Gasteiger partial charge in [0.25, 0.3) is 0 Å². The van der Waals surface area contributed by atoms with Gasteiger partial charge in [-0.2, -0.15) is 0 Å². The van der Waals surface area contributed by atoms with Crippen LogP contribution in [0.5, 0.6) is 34.5 Å². The molecule has 0 unspecified atom stereocenters. The topological polar surface area (TPSA) is 116 Å². The second kappa shape index (κ2) is 8.31. The molecule has 0 radical (unpaired) electrons. The maximum Gasteiger partial charge on any atom is 0.201 e. The van der Waals surface area contributed by atoms with Gasteiger partial charge < -0.3 is 29.9 Å². The smallest absolute Gasteiger partial charge is 0.201 e. The van der Waals surface area contributed by atoms with E-state index in [2.05, 4.69) is 15.9 Å². The Bertz CT molecular complexity index is 1630. The molecule has 0 spiro atoms. The van der Waals surface area contributed by atoms with Gasteiger partial charge in [0.1, 0.15) is 39.0 Å². The first-order chi connectivity index (χ1) is 17.4. The van der Waals surface area contributed by atoms with Crippen molar-refractivity contribution in [3.63, 3.8) is 0 Å². The molecule has 0 heterocycles. The van der Waals surface area contributed by atoms with Crippen LogP contribution < -0.4 is 9.47 Å². The fourth-order valence-corrected chi connectivity index (χ4v) is 5.87. The standard InChI is InChI=1S/C29H25BrO7/c1-12-6-15(36-4)10-19(32)21(12)16-9-14(31)7-13-8-17-23(26(33)22(13)16)27(34)24-18(29(17,2)3)11-20(37-5)25(30)28(24)35/h6-11,31-33,35H,1-5H3. The Labute approximate surface area is 221 Å². The molecule has 0 aliphatic heterocycles. The van der Waals surface area contributed by atoms with Gasteiger partial charge in [0.2, 0.25) is 5.78 Å². The lowest BCUT2D eigenvalue weighted by molar-refractivity contribution is 0.102. The van der Waals surface area contributed by atoms with E-state index in [4.69, 9.17) is 9.47 Å². The Kier molecular flexibility index (Phi) is 5.56. The molecule has 4 aromatic rings. The molecule has 0 bridgehead atoms. The van der Waals surface area contributed by atoms with E-state index in [0.717, 1.165) is 0 Å². The normalized spacial score (nSPS) is 13.8. The Balaban J connectivity index is 1.90. The van der Waals surface area contributed by atoms with Gasteiger partial charge in [0, 0.05) is 28.0 Å². The van der Waals surface area contributed by atoms with Gasteiger partial charge in [0.15, 0.2) is 0 Å². The van der Waals surface area contributed by atoms with Crippen molar-refractivity contribution in [1.82, 2.24) is 0 Å². The van der Waals surface area contributed by atoms with Crippen LogP contribution in [0.25, 0.3) is 21.9 Å². The molecule has 7 nitrogen and oxygen atoms in total. The molecule has 0 saturated heterocycles. The van der Waals surface area contributed by atoms with Gasteiger partial charge in [-0.15, -0.1) is 0 Å². The maximum absolute atomic E-state index is 13.9. The molecule has 0 fully saturated rings. The first kappa shape index (κ1) is 24.8. The first-order valence-corrected chi connectivity index (χ1v) is 12.3. The van der Waals surface area contributed by atoms with Crippen molar-refractivity contribution in [2.75, 3.05) is 14.2 Å². The fourth-order valence-electron chi connectivity index (χ4n) is 5.39. The Morgan fingerprint density at radius 3 is 2.08 bits per heavy atom. The Morgan fingerprint density at radius 2 is 1.46 bits per heavy atom. The minimum atomic E-state index is -0.820. The fraction of sp³-hybridized carbons (Fsp3) is 0.207. The van der Waals surface area contributed by atoms with Crippen molar-refractivity contribution in [3.05, 3.63) is 68.7 Å². The maximum atomic E-state index is 13.9. The van der Waals surface area contributed by atoms with Crippen molar-refractivity contribution >= 4 is 32.5 Å². The number of carbonyl (C=O) groups is 1. The van der Waals surface area contributed by atoms with E-state index in [-0.39, 0.29) is 38.6 Å². The highest BCUT2D eigenvalue weighted by molar-refractivity contribution is 9.10. The number of methoxy groups -OCH3 is 2. The summed E-state index contributed by atoms with van der Waals surface area (Å²) in [5.41, 5.74) is 1.76. The zero-order valence-electron chi connectivity index (χ0n) is 20.9. The number of hydrogen-bond acceptors (Lipinski definition) is 7. The number of fused-ring (bicyclic) bond motifs is 3. The summed E-state index contributed by atoms with van der Waals surface area (Å²) in [7, 11) is 2.96. The predicted octanol–water partition coefficient (Wildman–Crippen LogP) is 6.29. The van der Waals surface area contributed by atoms with Crippen molar-refractivity contribution in [2.45, 2.75) is 26.2 Å². The molecule has 4 N–H and O–H groups in total. The molecule has 37 heavy (non-hydrogen) atoms. The van der Waals surface area contributed by atoms with Crippen LogP contribution in [0.4, 0.5) is 0 Å². The third kappa shape index (κ3) is 3.43. The van der Waals surface area contributed by atoms with Crippen LogP contribution in [0.3, 0.4) is 0 Å². The average molecular weight is 565 g/mol. The van der Waals surface area contributed by atoms with Crippen LogP contribution in [0.2, 0.25) is 0 Å². The number of halogens is 1. The van der Waals surface area contributed by atoms with Crippen molar-refractivity contribution in [1.29, 1.82) is 0 Å². The van der Waals surface area contributed by atoms with Gasteiger partial charge in [-0.3, -0.25) is 4.79 Å². The highest BCUT2D eigenvalue weighted by atomic mass is 79.9. The molecule has 0 saturated carbocycles. The number of phenols is 4. The highest BCUT2D eigenvalue weighted by Gasteiger charge is 2.42. The van der Waals surface area contributed by atoms with Crippen LogP contribution in [0, 0.1) is 6.92 Å². The van der Waals surface area contributed by atoms with Crippen LogP contribution >= 0.6 is 15.9 Å². The van der Waals surface area contributed by atoms with Crippen LogP contribution in [0.15, 0.2) is 40.9 Å². The quantitative estimate of drug-likeness (QED) is 0.231. The van der Waals surface area contributed by atoms with E-state index in [1.807, 2.05) is 13.8 Å². The summed E-state index contributed by atoms with van der Waals surface area (Å²) < 4.78 is 10.9. The molecule has 1 aliphatic carbocycles. The number of aromatic hydroxyl groups is 4. The number of benzene rings is 4. The molecule has 0 amide bonds. The van der Waals surface area contributed by atoms with E-state index in [0.29, 0.717) is 50.1 Å². The summed E-state index contributed by atoms with van der Waals surface area (Å²) in [6.45, 7) is 5.55. The first-order valence-electron chi connectivity index (χ1n) is 11.5. The third-order valence-corrected chi connectivity index (χ3v) is 7.98. The summed E-state index contributed by atoms with van der Waals surface area (Å²) in [6, 6.07) is 9.58. The number of hydrogen-bond donors (Lipinski definition) is 4. The van der Waals surface area contributed by atoms with Gasteiger partial charge in [0.05, 0.1) is 25.3 Å². The van der Waals surface area contributed by atoms with E-state index < -0.39 is 11.2 Å². The SMILES string of the molecule is COc1cc(C)c(-c2cc(O)cc3cc4c(c(O)c23)C(=O)c2c(cc(OC)c(Br)c2O)C4(C)C)c(O)c1. The molecular weight excluding hydrogens is 540 g/mol. The van der Waals surface area contributed by atoms with Crippen molar-refractivity contribution in [2.24, 2.45) is 0 Å². The lowest BCUT2D eigenvalue weighted by Crippen LogP contribution is -2.31. The molecule has 1 aliphatic rings. The van der Waals surface area contributed by atoms with Gasteiger partial charge >= 0.3 is 0 Å².